The number of carboxylic acids is 1. The summed E-state index contributed by atoms with van der Waals surface area (Å²) in [4.78, 5) is 15.4. The first-order valence-corrected chi connectivity index (χ1v) is 5.44. The third kappa shape index (κ3) is 1.64. The van der Waals surface area contributed by atoms with Crippen molar-refractivity contribution in [2.24, 2.45) is 0 Å². The molecule has 1 N–H and O–H groups in total. The molecule has 2 aromatic carbocycles. The Labute approximate surface area is 103 Å². The van der Waals surface area contributed by atoms with Gasteiger partial charge < -0.3 is 9.52 Å². The highest BCUT2D eigenvalue weighted by Crippen LogP contribution is 2.26. The Kier molecular flexibility index (Phi) is 2.34. The quantitative estimate of drug-likeness (QED) is 0.745. The highest BCUT2D eigenvalue weighted by molar-refractivity contribution is 5.95. The lowest BCUT2D eigenvalue weighted by Gasteiger charge is -2.00. The number of para-hydroxylation sites is 2. The van der Waals surface area contributed by atoms with Gasteiger partial charge in [-0.05, 0) is 24.3 Å². The summed E-state index contributed by atoms with van der Waals surface area (Å²) in [5.41, 5.74) is 2.03. The predicted molar refractivity (Wildman–Crippen MR) is 66.4 cm³/mol. The molecular weight excluding hydrogens is 230 g/mol. The van der Waals surface area contributed by atoms with Gasteiger partial charge in [0.25, 0.3) is 0 Å². The van der Waals surface area contributed by atoms with Gasteiger partial charge in [-0.3, -0.25) is 0 Å². The second-order valence-corrected chi connectivity index (χ2v) is 3.84. The zero-order chi connectivity index (χ0) is 12.5. The van der Waals surface area contributed by atoms with Crippen LogP contribution in [-0.2, 0) is 0 Å². The number of benzene rings is 2. The summed E-state index contributed by atoms with van der Waals surface area (Å²) in [5.74, 6) is -0.665. The van der Waals surface area contributed by atoms with E-state index in [0.717, 1.165) is 0 Å². The summed E-state index contributed by atoms with van der Waals surface area (Å²) in [6, 6.07) is 14.0. The van der Waals surface area contributed by atoms with Crippen LogP contribution in [0.3, 0.4) is 0 Å². The molecule has 0 aliphatic heterocycles. The minimum Gasteiger partial charge on any atom is -0.478 e. The van der Waals surface area contributed by atoms with Gasteiger partial charge in [0.1, 0.15) is 5.52 Å². The summed E-state index contributed by atoms with van der Waals surface area (Å²) in [6.45, 7) is 0. The van der Waals surface area contributed by atoms with Crippen molar-refractivity contribution in [3.63, 3.8) is 0 Å². The van der Waals surface area contributed by atoms with Crippen molar-refractivity contribution in [2.45, 2.75) is 0 Å². The fraction of sp³-hybridized carbons (Fsp3) is 0. The van der Waals surface area contributed by atoms with Crippen LogP contribution in [-0.4, -0.2) is 16.1 Å². The fourth-order valence-electron chi connectivity index (χ4n) is 1.84. The maximum atomic E-state index is 11.1. The average molecular weight is 239 g/mol. The first kappa shape index (κ1) is 10.5. The molecule has 3 rings (SSSR count). The maximum absolute atomic E-state index is 11.1. The van der Waals surface area contributed by atoms with Crippen LogP contribution in [0.4, 0.5) is 0 Å². The molecular formula is C14H9NO3. The van der Waals surface area contributed by atoms with E-state index in [9.17, 15) is 4.79 Å². The normalized spacial score (nSPS) is 10.7. The van der Waals surface area contributed by atoms with Crippen LogP contribution in [0.15, 0.2) is 52.9 Å². The SMILES string of the molecule is O=C(O)c1ccccc1-c1nc2ccccc2o1. The van der Waals surface area contributed by atoms with Gasteiger partial charge >= 0.3 is 5.97 Å². The molecule has 0 saturated heterocycles. The smallest absolute Gasteiger partial charge is 0.336 e. The number of fused-ring (bicyclic) bond motifs is 1. The molecule has 0 saturated carbocycles. The van der Waals surface area contributed by atoms with E-state index in [0.29, 0.717) is 22.6 Å². The van der Waals surface area contributed by atoms with Crippen molar-refractivity contribution < 1.29 is 14.3 Å². The van der Waals surface area contributed by atoms with E-state index >= 15 is 0 Å². The van der Waals surface area contributed by atoms with E-state index in [1.54, 1.807) is 24.3 Å². The Morgan fingerprint density at radius 2 is 1.78 bits per heavy atom. The van der Waals surface area contributed by atoms with Gasteiger partial charge in [0.2, 0.25) is 5.89 Å². The lowest BCUT2D eigenvalue weighted by molar-refractivity contribution is 0.0697. The molecule has 0 radical (unpaired) electrons. The molecule has 3 aromatic rings. The maximum Gasteiger partial charge on any atom is 0.336 e. The summed E-state index contributed by atoms with van der Waals surface area (Å²) in [6.07, 6.45) is 0. The Hall–Kier alpha value is -2.62. The molecule has 0 bridgehead atoms. The second-order valence-electron chi connectivity index (χ2n) is 3.84. The van der Waals surface area contributed by atoms with Crippen LogP contribution in [0.2, 0.25) is 0 Å². The number of rotatable bonds is 2. The Morgan fingerprint density at radius 3 is 2.56 bits per heavy atom. The number of carboxylic acid groups (broad SMARTS) is 1. The number of aromatic nitrogens is 1. The van der Waals surface area contributed by atoms with E-state index in [2.05, 4.69) is 4.98 Å². The van der Waals surface area contributed by atoms with Gasteiger partial charge in [0.05, 0.1) is 11.1 Å². The van der Waals surface area contributed by atoms with Gasteiger partial charge in [0.15, 0.2) is 5.58 Å². The standard InChI is InChI=1S/C14H9NO3/c16-14(17)10-6-2-1-5-9(10)13-15-11-7-3-4-8-12(11)18-13/h1-8H,(H,16,17). The van der Waals surface area contributed by atoms with E-state index < -0.39 is 5.97 Å². The summed E-state index contributed by atoms with van der Waals surface area (Å²) < 4.78 is 5.57. The molecule has 4 heteroatoms. The van der Waals surface area contributed by atoms with Crippen LogP contribution in [0, 0.1) is 0 Å². The van der Waals surface area contributed by atoms with Gasteiger partial charge in [-0.1, -0.05) is 24.3 Å². The number of nitrogens with zero attached hydrogens (tertiary/aromatic N) is 1. The van der Waals surface area contributed by atoms with Crippen molar-refractivity contribution in [1.29, 1.82) is 0 Å². The minimum absolute atomic E-state index is 0.184. The summed E-state index contributed by atoms with van der Waals surface area (Å²) in [7, 11) is 0. The number of aromatic carboxylic acids is 1. The van der Waals surface area contributed by atoms with Gasteiger partial charge in [-0.2, -0.15) is 0 Å². The highest BCUT2D eigenvalue weighted by atomic mass is 16.4. The van der Waals surface area contributed by atoms with Crippen molar-refractivity contribution in [3.05, 3.63) is 54.1 Å². The molecule has 0 amide bonds. The first-order valence-electron chi connectivity index (χ1n) is 5.44. The van der Waals surface area contributed by atoms with Crippen LogP contribution in [0.5, 0.6) is 0 Å². The molecule has 1 heterocycles. The molecule has 0 aliphatic rings. The topological polar surface area (TPSA) is 63.3 Å². The third-order valence-corrected chi connectivity index (χ3v) is 2.68. The van der Waals surface area contributed by atoms with Crippen molar-refractivity contribution in [2.75, 3.05) is 0 Å². The number of carbonyl (C=O) groups is 1. The second kappa shape index (κ2) is 4.00. The molecule has 0 atom stereocenters. The van der Waals surface area contributed by atoms with Crippen LogP contribution >= 0.6 is 0 Å². The van der Waals surface area contributed by atoms with Crippen LogP contribution < -0.4 is 0 Å². The molecule has 0 unspecified atom stereocenters. The number of hydrogen-bond donors (Lipinski definition) is 1. The van der Waals surface area contributed by atoms with E-state index in [4.69, 9.17) is 9.52 Å². The molecule has 88 valence electrons. The van der Waals surface area contributed by atoms with Gasteiger partial charge in [0, 0.05) is 0 Å². The fourth-order valence-corrected chi connectivity index (χ4v) is 1.84. The Bertz CT molecular complexity index is 697. The third-order valence-electron chi connectivity index (χ3n) is 2.68. The number of hydrogen-bond acceptors (Lipinski definition) is 3. The summed E-state index contributed by atoms with van der Waals surface area (Å²) >= 11 is 0. The first-order chi connectivity index (χ1) is 8.75. The van der Waals surface area contributed by atoms with Crippen LogP contribution in [0.25, 0.3) is 22.6 Å². The van der Waals surface area contributed by atoms with Crippen LogP contribution in [0.1, 0.15) is 10.4 Å². The zero-order valence-corrected chi connectivity index (χ0v) is 9.33. The van der Waals surface area contributed by atoms with E-state index in [1.807, 2.05) is 18.2 Å². The van der Waals surface area contributed by atoms with Crippen molar-refractivity contribution in [3.8, 4) is 11.5 Å². The lowest BCUT2D eigenvalue weighted by atomic mass is 10.1. The molecule has 4 nitrogen and oxygen atoms in total. The molecule has 0 spiro atoms. The zero-order valence-electron chi connectivity index (χ0n) is 9.33. The van der Waals surface area contributed by atoms with Crippen molar-refractivity contribution in [1.82, 2.24) is 4.98 Å². The molecule has 18 heavy (non-hydrogen) atoms. The molecule has 0 fully saturated rings. The van der Waals surface area contributed by atoms with Crippen molar-refractivity contribution >= 4 is 17.1 Å². The molecule has 0 aliphatic carbocycles. The summed E-state index contributed by atoms with van der Waals surface area (Å²) in [5, 5.41) is 9.13. The Morgan fingerprint density at radius 1 is 1.06 bits per heavy atom. The van der Waals surface area contributed by atoms with Gasteiger partial charge in [-0.15, -0.1) is 0 Å². The highest BCUT2D eigenvalue weighted by Gasteiger charge is 2.15. The van der Waals surface area contributed by atoms with Gasteiger partial charge in [-0.25, -0.2) is 9.78 Å². The Balaban J connectivity index is 2.23. The molecule has 1 aromatic heterocycles. The largest absolute Gasteiger partial charge is 0.478 e. The monoisotopic (exact) mass is 239 g/mol. The lowest BCUT2D eigenvalue weighted by Crippen LogP contribution is -1.98. The van der Waals surface area contributed by atoms with E-state index in [1.165, 1.54) is 6.07 Å². The number of oxazole rings is 1. The minimum atomic E-state index is -0.993. The predicted octanol–water partition coefficient (Wildman–Crippen LogP) is 3.19. The van der Waals surface area contributed by atoms with E-state index in [-0.39, 0.29) is 5.56 Å². The average Bonchev–Trinajstić information content (AvgIpc) is 2.82.